The molecule has 0 saturated carbocycles. The van der Waals surface area contributed by atoms with Crippen LogP contribution in [-0.2, 0) is 20.2 Å². The molecule has 0 aliphatic carbocycles. The standard InChI is InChI=1S/C18H24BF3O3/c1-16(2)17(3,4)25-19(24-16)15-8-7-13(18(20,21)22)10-14(15)12-6-5-9-23-11-12/h7-8,10,12H,5-6,9,11H2,1-4H3. The highest BCUT2D eigenvalue weighted by Gasteiger charge is 2.52. The van der Waals surface area contributed by atoms with E-state index in [2.05, 4.69) is 0 Å². The molecule has 3 nitrogen and oxygen atoms in total. The average molecular weight is 356 g/mol. The number of hydrogen-bond donors (Lipinski definition) is 0. The Morgan fingerprint density at radius 3 is 2.24 bits per heavy atom. The first-order valence-electron chi connectivity index (χ1n) is 8.66. The molecule has 1 aromatic rings. The molecule has 138 valence electrons. The minimum absolute atomic E-state index is 0.0786. The number of ether oxygens (including phenoxy) is 1. The van der Waals surface area contributed by atoms with Gasteiger partial charge in [0, 0.05) is 12.5 Å². The van der Waals surface area contributed by atoms with Crippen LogP contribution in [0.4, 0.5) is 13.2 Å². The van der Waals surface area contributed by atoms with Crippen molar-refractivity contribution in [3.63, 3.8) is 0 Å². The fourth-order valence-electron chi connectivity index (χ4n) is 3.28. The molecule has 2 aliphatic heterocycles. The van der Waals surface area contributed by atoms with Crippen molar-refractivity contribution in [2.45, 2.75) is 63.8 Å². The predicted octanol–water partition coefficient (Wildman–Crippen LogP) is 3.90. The zero-order chi connectivity index (χ0) is 18.5. The fraction of sp³-hybridized carbons (Fsp3) is 0.667. The molecule has 25 heavy (non-hydrogen) atoms. The second kappa shape index (κ2) is 6.29. The van der Waals surface area contributed by atoms with Gasteiger partial charge in [0.15, 0.2) is 0 Å². The van der Waals surface area contributed by atoms with Crippen LogP contribution in [0.3, 0.4) is 0 Å². The zero-order valence-corrected chi connectivity index (χ0v) is 15.1. The van der Waals surface area contributed by atoms with E-state index in [0.29, 0.717) is 24.2 Å². The lowest BCUT2D eigenvalue weighted by Gasteiger charge is -2.32. The maximum atomic E-state index is 13.2. The molecule has 1 unspecified atom stereocenters. The molecule has 0 amide bonds. The van der Waals surface area contributed by atoms with Crippen LogP contribution >= 0.6 is 0 Å². The predicted molar refractivity (Wildman–Crippen MR) is 90.0 cm³/mol. The highest BCUT2D eigenvalue weighted by atomic mass is 19.4. The Balaban J connectivity index is 2.01. The van der Waals surface area contributed by atoms with Crippen LogP contribution in [0.15, 0.2) is 18.2 Å². The van der Waals surface area contributed by atoms with Crippen LogP contribution in [0.1, 0.15) is 57.6 Å². The Hall–Kier alpha value is -1.05. The Bertz CT molecular complexity index is 621. The van der Waals surface area contributed by atoms with Crippen molar-refractivity contribution in [1.82, 2.24) is 0 Å². The van der Waals surface area contributed by atoms with Gasteiger partial charge in [-0.3, -0.25) is 0 Å². The molecule has 1 aromatic carbocycles. The van der Waals surface area contributed by atoms with E-state index in [1.807, 2.05) is 27.7 Å². The third-order valence-electron chi connectivity index (χ3n) is 5.52. The molecule has 2 heterocycles. The molecular formula is C18H24BF3O3. The smallest absolute Gasteiger partial charge is 0.399 e. The van der Waals surface area contributed by atoms with Crippen LogP contribution in [0, 0.1) is 0 Å². The first-order valence-corrected chi connectivity index (χ1v) is 8.66. The van der Waals surface area contributed by atoms with Gasteiger partial charge >= 0.3 is 13.3 Å². The Labute approximate surface area is 147 Å². The molecule has 2 fully saturated rings. The summed E-state index contributed by atoms with van der Waals surface area (Å²) in [5.41, 5.74) is -0.440. The second-order valence-corrected chi connectivity index (χ2v) is 7.84. The van der Waals surface area contributed by atoms with Crippen molar-refractivity contribution in [3.8, 4) is 0 Å². The molecular weight excluding hydrogens is 332 g/mol. The van der Waals surface area contributed by atoms with Gasteiger partial charge in [0.1, 0.15) is 0 Å². The summed E-state index contributed by atoms with van der Waals surface area (Å²) in [7, 11) is -0.677. The average Bonchev–Trinajstić information content (AvgIpc) is 2.75. The number of rotatable bonds is 2. The van der Waals surface area contributed by atoms with Gasteiger partial charge in [0.05, 0.1) is 23.4 Å². The molecule has 0 aromatic heterocycles. The van der Waals surface area contributed by atoms with E-state index in [0.717, 1.165) is 18.9 Å². The number of hydrogen-bond acceptors (Lipinski definition) is 3. The molecule has 7 heteroatoms. The SMILES string of the molecule is CC1(C)OB(c2ccc(C(F)(F)F)cc2C2CCCOC2)OC1(C)C. The summed E-state index contributed by atoms with van der Waals surface area (Å²) in [5.74, 6) is -0.0786. The highest BCUT2D eigenvalue weighted by Crippen LogP contribution is 2.38. The van der Waals surface area contributed by atoms with E-state index < -0.39 is 30.1 Å². The van der Waals surface area contributed by atoms with Crippen LogP contribution in [0.2, 0.25) is 0 Å². The lowest BCUT2D eigenvalue weighted by molar-refractivity contribution is -0.137. The molecule has 2 saturated heterocycles. The van der Waals surface area contributed by atoms with Gasteiger partial charge in [-0.05, 0) is 57.6 Å². The number of halogens is 3. The van der Waals surface area contributed by atoms with Crippen molar-refractivity contribution >= 4 is 12.6 Å². The summed E-state index contributed by atoms with van der Waals surface area (Å²) in [6.07, 6.45) is -2.74. The number of benzene rings is 1. The van der Waals surface area contributed by atoms with Crippen molar-refractivity contribution in [2.24, 2.45) is 0 Å². The molecule has 0 radical (unpaired) electrons. The van der Waals surface area contributed by atoms with E-state index >= 15 is 0 Å². The van der Waals surface area contributed by atoms with Gasteiger partial charge in [-0.2, -0.15) is 13.2 Å². The van der Waals surface area contributed by atoms with Gasteiger partial charge in [-0.1, -0.05) is 12.1 Å². The van der Waals surface area contributed by atoms with Gasteiger partial charge < -0.3 is 14.0 Å². The van der Waals surface area contributed by atoms with Crippen LogP contribution in [-0.4, -0.2) is 31.5 Å². The molecule has 1 atom stereocenters. The summed E-state index contributed by atoms with van der Waals surface area (Å²) < 4.78 is 57.2. The van der Waals surface area contributed by atoms with Crippen molar-refractivity contribution in [3.05, 3.63) is 29.3 Å². The van der Waals surface area contributed by atoms with Crippen molar-refractivity contribution in [2.75, 3.05) is 13.2 Å². The zero-order valence-electron chi connectivity index (χ0n) is 15.1. The molecule has 0 N–H and O–H groups in total. The van der Waals surface area contributed by atoms with Gasteiger partial charge in [0.25, 0.3) is 0 Å². The van der Waals surface area contributed by atoms with E-state index in [4.69, 9.17) is 14.0 Å². The maximum absolute atomic E-state index is 13.2. The quantitative estimate of drug-likeness (QED) is 0.753. The fourth-order valence-corrected chi connectivity index (χ4v) is 3.28. The van der Waals surface area contributed by atoms with E-state index in [1.165, 1.54) is 12.1 Å². The van der Waals surface area contributed by atoms with E-state index in [1.54, 1.807) is 0 Å². The van der Waals surface area contributed by atoms with Crippen LogP contribution in [0.5, 0.6) is 0 Å². The summed E-state index contributed by atoms with van der Waals surface area (Å²) in [5, 5.41) is 0. The van der Waals surface area contributed by atoms with Gasteiger partial charge in [0.2, 0.25) is 0 Å². The minimum atomic E-state index is -4.38. The Morgan fingerprint density at radius 1 is 1.08 bits per heavy atom. The van der Waals surface area contributed by atoms with Crippen LogP contribution in [0.25, 0.3) is 0 Å². The minimum Gasteiger partial charge on any atom is -0.399 e. The molecule has 3 rings (SSSR count). The largest absolute Gasteiger partial charge is 0.495 e. The molecule has 0 spiro atoms. The molecule has 2 aliphatic rings. The Morgan fingerprint density at radius 2 is 1.72 bits per heavy atom. The Kier molecular flexibility index (Phi) is 4.71. The number of alkyl halides is 3. The third kappa shape index (κ3) is 3.59. The van der Waals surface area contributed by atoms with Crippen LogP contribution < -0.4 is 5.46 Å². The second-order valence-electron chi connectivity index (χ2n) is 7.84. The summed E-state index contributed by atoms with van der Waals surface area (Å²) in [6.45, 7) is 8.80. The van der Waals surface area contributed by atoms with Gasteiger partial charge in [-0.25, -0.2) is 0 Å². The first-order chi connectivity index (χ1) is 11.5. The van der Waals surface area contributed by atoms with E-state index in [-0.39, 0.29) is 5.92 Å². The lowest BCUT2D eigenvalue weighted by Crippen LogP contribution is -2.41. The summed E-state index contributed by atoms with van der Waals surface area (Å²) in [4.78, 5) is 0. The monoisotopic (exact) mass is 356 g/mol. The highest BCUT2D eigenvalue weighted by molar-refractivity contribution is 6.62. The lowest BCUT2D eigenvalue weighted by atomic mass is 9.71. The van der Waals surface area contributed by atoms with Gasteiger partial charge in [-0.15, -0.1) is 0 Å². The van der Waals surface area contributed by atoms with E-state index in [9.17, 15) is 13.2 Å². The van der Waals surface area contributed by atoms with Crippen molar-refractivity contribution < 1.29 is 27.2 Å². The summed E-state index contributed by atoms with van der Waals surface area (Å²) in [6, 6.07) is 3.84. The molecule has 0 bridgehead atoms. The van der Waals surface area contributed by atoms with Crippen molar-refractivity contribution in [1.29, 1.82) is 0 Å². The normalized spacial score (nSPS) is 26.0. The topological polar surface area (TPSA) is 27.7 Å². The summed E-state index contributed by atoms with van der Waals surface area (Å²) >= 11 is 0. The first kappa shape index (κ1) is 18.7. The third-order valence-corrected chi connectivity index (χ3v) is 5.52. The maximum Gasteiger partial charge on any atom is 0.495 e.